The highest BCUT2D eigenvalue weighted by atomic mass is 16.1. The van der Waals surface area contributed by atoms with Crippen LogP contribution in [-0.2, 0) is 4.79 Å². The van der Waals surface area contributed by atoms with Crippen molar-refractivity contribution in [3.8, 4) is 11.3 Å². The third-order valence-corrected chi connectivity index (χ3v) is 4.72. The lowest BCUT2D eigenvalue weighted by Crippen LogP contribution is -2.20. The fraction of sp³-hybridized carbons (Fsp3) is 0.130. The summed E-state index contributed by atoms with van der Waals surface area (Å²) in [7, 11) is 0. The van der Waals surface area contributed by atoms with E-state index >= 15 is 0 Å². The molecule has 1 N–H and O–H groups in total. The summed E-state index contributed by atoms with van der Waals surface area (Å²) in [6.07, 6.45) is 4.72. The van der Waals surface area contributed by atoms with Crippen molar-refractivity contribution in [3.63, 3.8) is 0 Å². The molecule has 0 saturated carbocycles. The van der Waals surface area contributed by atoms with Crippen molar-refractivity contribution in [2.24, 2.45) is 0 Å². The van der Waals surface area contributed by atoms with E-state index in [1.807, 2.05) is 96.5 Å². The number of aromatic nitrogens is 2. The van der Waals surface area contributed by atoms with E-state index in [1.54, 1.807) is 0 Å². The maximum atomic E-state index is 12.8. The molecule has 4 nitrogen and oxygen atoms in total. The molecule has 4 aromatic rings. The van der Waals surface area contributed by atoms with E-state index < -0.39 is 0 Å². The second kappa shape index (κ2) is 7.46. The largest absolute Gasteiger partial charge is 0.326 e. The van der Waals surface area contributed by atoms with E-state index in [9.17, 15) is 4.79 Å². The van der Waals surface area contributed by atoms with Crippen LogP contribution in [0.4, 0.5) is 5.69 Å². The maximum Gasteiger partial charge on any atom is 0.231 e. The molecule has 134 valence electrons. The molecule has 4 rings (SSSR count). The standard InChI is InChI=1S/C23H21N3O/c1-2-20(17-9-4-3-5-10-17)23(27)24-19-12-8-11-18(15-19)21-16-26-14-7-6-13-22(26)25-21/h3-16,20H,2H2,1H3,(H,24,27). The third kappa shape index (κ3) is 3.60. The van der Waals surface area contributed by atoms with Crippen LogP contribution >= 0.6 is 0 Å². The van der Waals surface area contributed by atoms with Gasteiger partial charge in [0.1, 0.15) is 5.65 Å². The summed E-state index contributed by atoms with van der Waals surface area (Å²) in [4.78, 5) is 17.5. The normalized spacial score (nSPS) is 12.0. The number of hydrogen-bond acceptors (Lipinski definition) is 2. The van der Waals surface area contributed by atoms with E-state index in [1.165, 1.54) is 0 Å². The monoisotopic (exact) mass is 355 g/mol. The molecule has 0 radical (unpaired) electrons. The summed E-state index contributed by atoms with van der Waals surface area (Å²) in [5, 5.41) is 3.06. The second-order valence-electron chi connectivity index (χ2n) is 6.53. The average Bonchev–Trinajstić information content (AvgIpc) is 3.14. The number of benzene rings is 2. The van der Waals surface area contributed by atoms with Crippen molar-refractivity contribution in [2.75, 3.05) is 5.32 Å². The van der Waals surface area contributed by atoms with E-state index in [-0.39, 0.29) is 11.8 Å². The predicted molar refractivity (Wildman–Crippen MR) is 109 cm³/mol. The predicted octanol–water partition coefficient (Wildman–Crippen LogP) is 5.13. The van der Waals surface area contributed by atoms with Crippen LogP contribution in [0, 0.1) is 0 Å². The molecule has 0 aliphatic heterocycles. The first-order valence-corrected chi connectivity index (χ1v) is 9.14. The van der Waals surface area contributed by atoms with E-state index in [2.05, 4.69) is 10.3 Å². The number of anilines is 1. The van der Waals surface area contributed by atoms with Gasteiger partial charge in [-0.1, -0.05) is 55.5 Å². The molecule has 0 fully saturated rings. The lowest BCUT2D eigenvalue weighted by Gasteiger charge is -2.15. The van der Waals surface area contributed by atoms with E-state index in [0.29, 0.717) is 0 Å². The highest BCUT2D eigenvalue weighted by molar-refractivity contribution is 5.96. The lowest BCUT2D eigenvalue weighted by atomic mass is 9.95. The molecule has 0 bridgehead atoms. The minimum Gasteiger partial charge on any atom is -0.326 e. The molecule has 1 amide bonds. The Labute approximate surface area is 158 Å². The Balaban J connectivity index is 1.58. The van der Waals surface area contributed by atoms with Gasteiger partial charge in [-0.25, -0.2) is 4.98 Å². The summed E-state index contributed by atoms with van der Waals surface area (Å²) < 4.78 is 1.99. The van der Waals surface area contributed by atoms with Gasteiger partial charge in [0, 0.05) is 23.6 Å². The van der Waals surface area contributed by atoms with E-state index in [4.69, 9.17) is 0 Å². The molecule has 0 spiro atoms. The van der Waals surface area contributed by atoms with Crippen LogP contribution in [0.5, 0.6) is 0 Å². The minimum absolute atomic E-state index is 0.0100. The van der Waals surface area contributed by atoms with Crippen molar-refractivity contribution < 1.29 is 4.79 Å². The molecular formula is C23H21N3O. The van der Waals surface area contributed by atoms with Crippen LogP contribution in [0.1, 0.15) is 24.8 Å². The number of pyridine rings is 1. The zero-order valence-corrected chi connectivity index (χ0v) is 15.2. The molecule has 2 heterocycles. The smallest absolute Gasteiger partial charge is 0.231 e. The minimum atomic E-state index is -0.162. The molecule has 27 heavy (non-hydrogen) atoms. The zero-order valence-electron chi connectivity index (χ0n) is 15.2. The fourth-order valence-electron chi connectivity index (χ4n) is 3.32. The highest BCUT2D eigenvalue weighted by Crippen LogP contribution is 2.25. The van der Waals surface area contributed by atoms with Gasteiger partial charge < -0.3 is 9.72 Å². The average molecular weight is 355 g/mol. The number of carbonyl (C=O) groups excluding carboxylic acids is 1. The third-order valence-electron chi connectivity index (χ3n) is 4.72. The SMILES string of the molecule is CCC(C(=O)Nc1cccc(-c2cn3ccccc3n2)c1)c1ccccc1. The van der Waals surface area contributed by atoms with Gasteiger partial charge >= 0.3 is 0 Å². The molecule has 4 heteroatoms. The van der Waals surface area contributed by atoms with E-state index in [0.717, 1.165) is 34.6 Å². The molecule has 2 aromatic heterocycles. The van der Waals surface area contributed by atoms with Crippen molar-refractivity contribution in [1.29, 1.82) is 0 Å². The Kier molecular flexibility index (Phi) is 4.71. The Morgan fingerprint density at radius 1 is 1.04 bits per heavy atom. The molecular weight excluding hydrogens is 334 g/mol. The van der Waals surface area contributed by atoms with Crippen LogP contribution in [0.25, 0.3) is 16.9 Å². The number of nitrogens with one attached hydrogen (secondary N) is 1. The first kappa shape index (κ1) is 17.0. The zero-order chi connectivity index (χ0) is 18.6. The molecule has 2 aromatic carbocycles. The number of nitrogens with zero attached hydrogens (tertiary/aromatic N) is 2. The summed E-state index contributed by atoms with van der Waals surface area (Å²) >= 11 is 0. The summed E-state index contributed by atoms with van der Waals surface area (Å²) in [5.74, 6) is -0.152. The maximum absolute atomic E-state index is 12.8. The Morgan fingerprint density at radius 2 is 1.85 bits per heavy atom. The number of amides is 1. The number of imidazole rings is 1. The summed E-state index contributed by atoms with van der Waals surface area (Å²) in [6.45, 7) is 2.03. The van der Waals surface area contributed by atoms with Crippen molar-refractivity contribution >= 4 is 17.2 Å². The highest BCUT2D eigenvalue weighted by Gasteiger charge is 2.18. The Bertz CT molecular complexity index is 1040. The summed E-state index contributed by atoms with van der Waals surface area (Å²) in [6, 6.07) is 23.6. The van der Waals surface area contributed by atoms with Gasteiger partial charge in [0.2, 0.25) is 5.91 Å². The van der Waals surface area contributed by atoms with Gasteiger partial charge in [-0.05, 0) is 36.2 Å². The van der Waals surface area contributed by atoms with Crippen LogP contribution in [-0.4, -0.2) is 15.3 Å². The number of hydrogen-bond donors (Lipinski definition) is 1. The van der Waals surface area contributed by atoms with Crippen LogP contribution in [0.15, 0.2) is 85.2 Å². The number of fused-ring (bicyclic) bond motifs is 1. The Morgan fingerprint density at radius 3 is 2.63 bits per heavy atom. The van der Waals surface area contributed by atoms with Gasteiger partial charge in [0.25, 0.3) is 0 Å². The van der Waals surface area contributed by atoms with Crippen LogP contribution < -0.4 is 5.32 Å². The second-order valence-corrected chi connectivity index (χ2v) is 6.53. The van der Waals surface area contributed by atoms with Gasteiger partial charge in [-0.2, -0.15) is 0 Å². The van der Waals surface area contributed by atoms with Gasteiger partial charge in [0.15, 0.2) is 0 Å². The van der Waals surface area contributed by atoms with Crippen molar-refractivity contribution in [1.82, 2.24) is 9.38 Å². The molecule has 0 saturated heterocycles. The summed E-state index contributed by atoms with van der Waals surface area (Å²) in [5.41, 5.74) is 4.58. The number of rotatable bonds is 5. The topological polar surface area (TPSA) is 46.4 Å². The quantitative estimate of drug-likeness (QED) is 0.539. The van der Waals surface area contributed by atoms with Crippen molar-refractivity contribution in [3.05, 3.63) is 90.8 Å². The van der Waals surface area contributed by atoms with Gasteiger partial charge in [0.05, 0.1) is 11.6 Å². The van der Waals surface area contributed by atoms with Crippen LogP contribution in [0.2, 0.25) is 0 Å². The first-order chi connectivity index (χ1) is 13.2. The molecule has 1 unspecified atom stereocenters. The van der Waals surface area contributed by atoms with Gasteiger partial charge in [-0.15, -0.1) is 0 Å². The molecule has 0 aliphatic carbocycles. The molecule has 0 aliphatic rings. The molecule has 1 atom stereocenters. The Hall–Kier alpha value is -3.40. The fourth-order valence-corrected chi connectivity index (χ4v) is 3.32. The van der Waals surface area contributed by atoms with Crippen molar-refractivity contribution in [2.45, 2.75) is 19.3 Å². The van der Waals surface area contributed by atoms with Gasteiger partial charge in [-0.3, -0.25) is 4.79 Å². The first-order valence-electron chi connectivity index (χ1n) is 9.14. The lowest BCUT2D eigenvalue weighted by molar-refractivity contribution is -0.117. The van der Waals surface area contributed by atoms with Crippen LogP contribution in [0.3, 0.4) is 0 Å². The number of carbonyl (C=O) groups is 1.